The second kappa shape index (κ2) is 24.3. The van der Waals surface area contributed by atoms with Crippen molar-refractivity contribution in [2.45, 2.75) is 81.6 Å². The van der Waals surface area contributed by atoms with Crippen LogP contribution in [0.3, 0.4) is 0 Å². The molecule has 0 saturated heterocycles. The van der Waals surface area contributed by atoms with Crippen molar-refractivity contribution in [2.24, 2.45) is 27.7 Å². The Balaban J connectivity index is 1.40. The molecule has 0 aliphatic rings. The van der Waals surface area contributed by atoms with E-state index in [-0.39, 0.29) is 23.5 Å². The van der Waals surface area contributed by atoms with Crippen LogP contribution in [0.2, 0.25) is 0 Å². The van der Waals surface area contributed by atoms with E-state index in [0.717, 1.165) is 57.8 Å². The third-order valence-electron chi connectivity index (χ3n) is 10.6. The maximum atomic E-state index is 12.7. The minimum absolute atomic E-state index is 0.0525. The number of carbonyl (C=O) groups excluding carboxylic acids is 2. The van der Waals surface area contributed by atoms with Gasteiger partial charge in [-0.2, -0.15) is 0 Å². The fourth-order valence-corrected chi connectivity index (χ4v) is 6.95. The number of aliphatic imine (C=N–C) groups is 2. The summed E-state index contributed by atoms with van der Waals surface area (Å²) in [6.07, 6.45) is 10.3. The number of hydrogen-bond acceptors (Lipinski definition) is 9. The molecule has 0 spiro atoms. The first-order valence-corrected chi connectivity index (χ1v) is 21.7. The number of hydrogen-bond donors (Lipinski definition) is 1. The molecule has 0 aliphatic heterocycles. The van der Waals surface area contributed by atoms with Crippen LogP contribution < -0.4 is 24.3 Å². The Morgan fingerprint density at radius 3 is 1.73 bits per heavy atom. The minimum atomic E-state index is -0.0525. The average molecular weight is 852 g/mol. The Kier molecular flexibility index (Phi) is 19.0. The van der Waals surface area contributed by atoms with Crippen LogP contribution in [0.25, 0.3) is 16.7 Å². The van der Waals surface area contributed by atoms with Crippen molar-refractivity contribution in [3.63, 3.8) is 0 Å². The molecule has 0 fully saturated rings. The normalized spacial score (nSPS) is 12.9. The third kappa shape index (κ3) is 14.3. The number of rotatable bonds is 23. The lowest BCUT2D eigenvalue weighted by molar-refractivity contribution is 0.101. The second-order valence-corrected chi connectivity index (χ2v) is 16.2. The summed E-state index contributed by atoms with van der Waals surface area (Å²) >= 11 is 0. The maximum absolute atomic E-state index is 12.7. The summed E-state index contributed by atoms with van der Waals surface area (Å²) in [5.74, 6) is 4.92. The molecule has 0 aromatic heterocycles. The van der Waals surface area contributed by atoms with Gasteiger partial charge < -0.3 is 24.3 Å². The zero-order chi connectivity index (χ0) is 46.1. The van der Waals surface area contributed by atoms with Crippen molar-refractivity contribution < 1.29 is 28.5 Å². The lowest BCUT2D eigenvalue weighted by Gasteiger charge is -2.16. The van der Waals surface area contributed by atoms with Crippen LogP contribution in [-0.2, 0) is 4.79 Å². The number of methoxy groups -OCH3 is 2. The molecule has 0 unspecified atom stereocenters. The molecule has 0 amide bonds. The van der Waals surface area contributed by atoms with Crippen molar-refractivity contribution in [2.75, 3.05) is 32.8 Å². The quantitative estimate of drug-likeness (QED) is 0.0343. The molecule has 0 aliphatic carbocycles. The van der Waals surface area contributed by atoms with E-state index in [1.165, 1.54) is 11.1 Å². The van der Waals surface area contributed by atoms with E-state index in [9.17, 15) is 9.59 Å². The van der Waals surface area contributed by atoms with Crippen LogP contribution in [0.15, 0.2) is 107 Å². The maximum Gasteiger partial charge on any atom is 0.163 e. The summed E-state index contributed by atoms with van der Waals surface area (Å²) in [4.78, 5) is 33.7. The van der Waals surface area contributed by atoms with Gasteiger partial charge in [-0.25, -0.2) is 4.79 Å². The first-order valence-electron chi connectivity index (χ1n) is 21.7. The van der Waals surface area contributed by atoms with Crippen LogP contribution in [0.1, 0.15) is 107 Å². The Labute approximate surface area is 375 Å². The van der Waals surface area contributed by atoms with Crippen LogP contribution in [0, 0.1) is 24.7 Å². The van der Waals surface area contributed by atoms with Gasteiger partial charge in [0.1, 0.15) is 23.1 Å². The van der Waals surface area contributed by atoms with Gasteiger partial charge in [0, 0.05) is 53.7 Å². The first kappa shape index (κ1) is 49.2. The number of ether oxygens (including phenoxy) is 4. The molecule has 1 N–H and O–H groups in total. The molecular weight excluding hydrogens is 787 g/mol. The summed E-state index contributed by atoms with van der Waals surface area (Å²) in [5.41, 5.74) is 10.5. The number of allylic oxidation sites excluding steroid dienone is 6. The highest BCUT2D eigenvalue weighted by molar-refractivity contribution is 6.00. The molecule has 0 bridgehead atoms. The molecule has 0 radical (unpaired) electrons. The van der Waals surface area contributed by atoms with E-state index in [2.05, 4.69) is 62.2 Å². The topological polar surface area (TPSA) is 108 Å². The lowest BCUT2D eigenvalue weighted by Crippen LogP contribution is -2.07. The van der Waals surface area contributed by atoms with Crippen molar-refractivity contribution in [3.05, 3.63) is 125 Å². The van der Waals surface area contributed by atoms with Crippen molar-refractivity contribution in [1.29, 1.82) is 0 Å². The SMILES string of the molecule is C=C(C)c1cc(OC)c(OCCCOc2cc(/N=C\[C@@H](C)C/C(=C\C)c3ccc(OC)cc3)c(C(C)=O)cc2C)cc1/N=C\[C@@H](C)C/C(=C\C)c1ccc(NC(=C=O)C(C)C)cc1. The number of benzene rings is 4. The number of nitrogens with zero attached hydrogens (tertiary/aromatic N) is 2. The largest absolute Gasteiger partial charge is 0.497 e. The Morgan fingerprint density at radius 2 is 1.25 bits per heavy atom. The highest BCUT2D eigenvalue weighted by Crippen LogP contribution is 2.38. The van der Waals surface area contributed by atoms with Gasteiger partial charge in [-0.05, 0) is 129 Å². The summed E-state index contributed by atoms with van der Waals surface area (Å²) in [6, 6.07) is 23.7. The minimum Gasteiger partial charge on any atom is -0.497 e. The van der Waals surface area contributed by atoms with Crippen LogP contribution >= 0.6 is 0 Å². The molecule has 4 rings (SSSR count). The molecule has 9 heteroatoms. The van der Waals surface area contributed by atoms with Gasteiger partial charge in [0.15, 0.2) is 17.3 Å². The number of aryl methyl sites for hydroxylation is 1. The van der Waals surface area contributed by atoms with Gasteiger partial charge >= 0.3 is 0 Å². The van der Waals surface area contributed by atoms with E-state index in [1.54, 1.807) is 21.1 Å². The van der Waals surface area contributed by atoms with E-state index >= 15 is 0 Å². The van der Waals surface area contributed by atoms with Crippen LogP contribution in [0.5, 0.6) is 23.0 Å². The molecule has 4 aromatic rings. The molecule has 63 heavy (non-hydrogen) atoms. The molecular formula is C54H65N3O6. The highest BCUT2D eigenvalue weighted by atomic mass is 16.5. The number of carbonyl (C=O) groups is 1. The summed E-state index contributed by atoms with van der Waals surface area (Å²) in [7, 11) is 3.28. The zero-order valence-corrected chi connectivity index (χ0v) is 39.1. The van der Waals surface area contributed by atoms with Gasteiger partial charge in [0.2, 0.25) is 0 Å². The summed E-state index contributed by atoms with van der Waals surface area (Å²) in [5, 5.41) is 3.17. The molecule has 9 nitrogen and oxygen atoms in total. The predicted octanol–water partition coefficient (Wildman–Crippen LogP) is 13.5. The molecule has 0 saturated carbocycles. The zero-order valence-electron chi connectivity index (χ0n) is 39.1. The van der Waals surface area contributed by atoms with E-state index < -0.39 is 0 Å². The van der Waals surface area contributed by atoms with Gasteiger partial charge in [-0.3, -0.25) is 14.8 Å². The molecule has 0 heterocycles. The van der Waals surface area contributed by atoms with Gasteiger partial charge in [-0.15, -0.1) is 0 Å². The fourth-order valence-electron chi connectivity index (χ4n) is 6.95. The van der Waals surface area contributed by atoms with Crippen LogP contribution in [0.4, 0.5) is 17.1 Å². The van der Waals surface area contributed by atoms with Gasteiger partial charge in [-0.1, -0.05) is 70.7 Å². The number of nitrogens with one attached hydrogen (secondary N) is 1. The lowest BCUT2D eigenvalue weighted by atomic mass is 9.95. The van der Waals surface area contributed by atoms with Crippen molar-refractivity contribution in [3.8, 4) is 23.0 Å². The number of ketones is 1. The van der Waals surface area contributed by atoms with Crippen molar-refractivity contribution in [1.82, 2.24) is 0 Å². The number of anilines is 1. The fraction of sp³-hybridized carbons (Fsp3) is 0.352. The summed E-state index contributed by atoms with van der Waals surface area (Å²) < 4.78 is 23.6. The highest BCUT2D eigenvalue weighted by Gasteiger charge is 2.16. The molecule has 2 atom stereocenters. The summed E-state index contributed by atoms with van der Waals surface area (Å²) in [6.45, 7) is 22.7. The average Bonchev–Trinajstić information content (AvgIpc) is 3.28. The van der Waals surface area contributed by atoms with Gasteiger partial charge in [0.05, 0.1) is 38.8 Å². The van der Waals surface area contributed by atoms with Crippen LogP contribution in [-0.4, -0.2) is 51.6 Å². The molecule has 332 valence electrons. The second-order valence-electron chi connectivity index (χ2n) is 16.2. The number of Topliss-reactive ketones (excluding diaryl/α,β-unsaturated/α-hetero) is 1. The van der Waals surface area contributed by atoms with E-state index in [1.807, 2.05) is 108 Å². The van der Waals surface area contributed by atoms with E-state index in [0.29, 0.717) is 53.8 Å². The standard InChI is InChI=1S/C54H65N3O6/c1-13-41(43-16-20-45(21-17-43)57-51(34-58)36(5)6)26-37(7)32-55-49-31-54(53(61-12)29-47(49)35(3)4)63-25-15-24-62-52-30-50(48(40(10)59)28-39(52)9)56-33-38(8)27-42(14-2)44-18-22-46(60-11)23-19-44/h13-14,16-23,28-33,36-38,57H,3,15,24-27H2,1-2,4-12H3/b41-13+,42-14+,55-32-,56-33-/t37-,38-/m0/s1. The van der Waals surface area contributed by atoms with Gasteiger partial charge in [0.25, 0.3) is 0 Å². The smallest absolute Gasteiger partial charge is 0.163 e. The predicted molar refractivity (Wildman–Crippen MR) is 263 cm³/mol. The Morgan fingerprint density at radius 1 is 0.730 bits per heavy atom. The van der Waals surface area contributed by atoms with Crippen molar-refractivity contribution >= 4 is 57.9 Å². The third-order valence-corrected chi connectivity index (χ3v) is 10.6. The first-order chi connectivity index (χ1) is 30.2. The monoisotopic (exact) mass is 851 g/mol. The molecule has 4 aromatic carbocycles. The Bertz CT molecular complexity index is 2360. The Hall–Kier alpha value is -6.44. The van der Waals surface area contributed by atoms with E-state index in [4.69, 9.17) is 28.9 Å².